The minimum atomic E-state index is -1.46. The molecule has 5 rings (SSSR count). The van der Waals surface area contributed by atoms with Gasteiger partial charge >= 0.3 is 35.8 Å². The molecule has 3 aromatic rings. The van der Waals surface area contributed by atoms with Gasteiger partial charge in [0.25, 0.3) is 0 Å². The number of carbonyl (C=O) groups excluding carboxylic acids is 6. The fourth-order valence-electron chi connectivity index (χ4n) is 8.07. The van der Waals surface area contributed by atoms with Crippen molar-refractivity contribution in [3.63, 3.8) is 0 Å². The van der Waals surface area contributed by atoms with Gasteiger partial charge in [-0.05, 0) is 169 Å². The Balaban J connectivity index is 0.982. The molecule has 0 radical (unpaired) electrons. The second-order valence-electron chi connectivity index (χ2n) is 17.3. The Kier molecular flexibility index (Phi) is 22.9. The smallest absolute Gasteiger partial charge is 0.330 e. The number of benzene rings is 3. The summed E-state index contributed by atoms with van der Waals surface area (Å²) in [5, 5.41) is 10.7. The van der Waals surface area contributed by atoms with Gasteiger partial charge in [0, 0.05) is 17.7 Å². The van der Waals surface area contributed by atoms with Crippen molar-refractivity contribution in [2.45, 2.75) is 109 Å². The van der Waals surface area contributed by atoms with Gasteiger partial charge in [0.05, 0.1) is 50.1 Å². The van der Waals surface area contributed by atoms with Crippen molar-refractivity contribution >= 4 is 35.8 Å². The van der Waals surface area contributed by atoms with Gasteiger partial charge in [0.15, 0.2) is 0 Å². The molecule has 0 saturated heterocycles. The van der Waals surface area contributed by atoms with Crippen LogP contribution in [-0.4, -0.2) is 67.3 Å². The molecule has 4 N–H and O–H groups in total. The van der Waals surface area contributed by atoms with Gasteiger partial charge in [-0.3, -0.25) is 25.0 Å². The van der Waals surface area contributed by atoms with E-state index < -0.39 is 47.9 Å². The van der Waals surface area contributed by atoms with E-state index in [4.69, 9.17) is 43.7 Å². The van der Waals surface area contributed by atoms with Crippen LogP contribution in [0, 0.1) is 23.7 Å². The van der Waals surface area contributed by atoms with E-state index >= 15 is 0 Å². The predicted molar refractivity (Wildman–Crippen MR) is 255 cm³/mol. The fraction of sp³-hybridized carbons (Fsp3) is 0.472. The highest BCUT2D eigenvalue weighted by Gasteiger charge is 2.34. The van der Waals surface area contributed by atoms with Crippen LogP contribution in [0.5, 0.6) is 34.5 Å². The lowest BCUT2D eigenvalue weighted by molar-refractivity contribution is -0.145. The number of hydrazine groups is 1. The Bertz CT molecular complexity index is 2180. The zero-order valence-electron chi connectivity index (χ0n) is 39.7. The third-order valence-corrected chi connectivity index (χ3v) is 12.2. The summed E-state index contributed by atoms with van der Waals surface area (Å²) in [6, 6.07) is 17.9. The topological polar surface area (TPSA) is 235 Å². The maximum atomic E-state index is 13.3. The number of ether oxygens (including phenoxy) is 8. The van der Waals surface area contributed by atoms with Gasteiger partial charge in [-0.15, -0.1) is 0 Å². The number of unbranched alkanes of at least 4 members (excludes halogenated alkanes) is 6. The number of rotatable bonds is 28. The Morgan fingerprint density at radius 3 is 1.20 bits per heavy atom. The lowest BCUT2D eigenvalue weighted by Crippen LogP contribution is -2.31. The number of nitrogens with two attached hydrogens (primary N) is 1. The van der Waals surface area contributed by atoms with Crippen LogP contribution in [0.1, 0.15) is 115 Å². The Morgan fingerprint density at radius 1 is 0.500 bits per heavy atom. The molecule has 2 fully saturated rings. The van der Waals surface area contributed by atoms with Gasteiger partial charge in [0.1, 0.15) is 40.7 Å². The maximum Gasteiger partial charge on any atom is 0.330 e. The van der Waals surface area contributed by atoms with E-state index in [1.165, 1.54) is 18.2 Å². The third kappa shape index (κ3) is 18.4. The molecule has 70 heavy (non-hydrogen) atoms. The number of nitrogens with one attached hydrogen (secondary N) is 1. The molecule has 1 atom stereocenters. The molecule has 0 bridgehead atoms. The highest BCUT2D eigenvalue weighted by molar-refractivity contribution is 5.82. The quantitative estimate of drug-likeness (QED) is 0.0119. The largest absolute Gasteiger partial charge is 0.494 e. The zero-order valence-corrected chi connectivity index (χ0v) is 39.7. The summed E-state index contributed by atoms with van der Waals surface area (Å²) in [5.41, 5.74) is 2.31. The SMILES string of the molecule is C=CC(=O)OCCCCCCOc1ccc(OC(=O)C2CCC(C(=O)Oc3ccc(OC(=O)C4CCC(C(=O)Oc5ccc(OCCCCCCOC(=O)C=C)cc5)CC4)c(C(O)NN)c3)CC2)cc1. The molecule has 3 aromatic carbocycles. The predicted octanol–water partition coefficient (Wildman–Crippen LogP) is 8.11. The van der Waals surface area contributed by atoms with Gasteiger partial charge in [-0.1, -0.05) is 13.2 Å². The number of hydrogen-bond acceptors (Lipinski definition) is 17. The Hall–Kier alpha value is -6.56. The zero-order chi connectivity index (χ0) is 50.1. The summed E-state index contributed by atoms with van der Waals surface area (Å²) in [6.07, 6.45) is 11.0. The van der Waals surface area contributed by atoms with Gasteiger partial charge in [0.2, 0.25) is 0 Å². The number of hydrogen-bond donors (Lipinski definition) is 3. The number of aliphatic hydroxyl groups excluding tert-OH is 1. The van der Waals surface area contributed by atoms with Crippen molar-refractivity contribution < 1.29 is 71.8 Å². The lowest BCUT2D eigenvalue weighted by atomic mass is 9.82. The van der Waals surface area contributed by atoms with E-state index in [-0.39, 0.29) is 34.9 Å². The van der Waals surface area contributed by atoms with E-state index in [1.807, 2.05) is 0 Å². The molecule has 17 heteroatoms. The second kappa shape index (κ2) is 29.5. The van der Waals surface area contributed by atoms with Crippen LogP contribution in [0.15, 0.2) is 92.0 Å². The summed E-state index contributed by atoms with van der Waals surface area (Å²) >= 11 is 0. The first kappa shape index (κ1) is 54.4. The van der Waals surface area contributed by atoms with E-state index in [0.29, 0.717) is 101 Å². The van der Waals surface area contributed by atoms with Crippen molar-refractivity contribution in [1.82, 2.24) is 5.43 Å². The summed E-state index contributed by atoms with van der Waals surface area (Å²) in [5.74, 6) is 3.40. The van der Waals surface area contributed by atoms with Crippen LogP contribution in [-0.2, 0) is 38.2 Å². The van der Waals surface area contributed by atoms with Crippen LogP contribution in [0.3, 0.4) is 0 Å². The van der Waals surface area contributed by atoms with Gasteiger partial charge in [-0.2, -0.15) is 0 Å². The first-order valence-electron chi connectivity index (χ1n) is 24.1. The minimum absolute atomic E-state index is 0.0307. The molecule has 378 valence electrons. The molecule has 0 heterocycles. The van der Waals surface area contributed by atoms with Crippen LogP contribution in [0.25, 0.3) is 0 Å². The Labute approximate surface area is 408 Å². The van der Waals surface area contributed by atoms with Crippen molar-refractivity contribution in [2.24, 2.45) is 29.5 Å². The Morgan fingerprint density at radius 2 is 0.829 bits per heavy atom. The van der Waals surface area contributed by atoms with Crippen molar-refractivity contribution in [2.75, 3.05) is 26.4 Å². The summed E-state index contributed by atoms with van der Waals surface area (Å²) < 4.78 is 44.2. The fourth-order valence-corrected chi connectivity index (χ4v) is 8.07. The van der Waals surface area contributed by atoms with Crippen molar-refractivity contribution in [3.05, 3.63) is 97.6 Å². The second-order valence-corrected chi connectivity index (χ2v) is 17.3. The molecule has 2 aliphatic carbocycles. The molecular formula is C53H66N2O15. The standard InChI is InChI=1S/C53H66N2O15/c1-3-47(56)65-33-11-7-5-9-31-63-40-21-25-42(26-22-40)67-50(59)36-13-15-38(16-14-36)52(61)69-44-29-30-46(45(35-44)49(58)55-54)70-53(62)39-19-17-37(18-20-39)51(60)68-43-27-23-41(24-28-43)64-32-10-6-8-12-34-66-48(57)4-2/h3-4,21-30,35-39,49,55,58H,1-2,5-20,31-34,54H2. The molecular weight excluding hydrogens is 905 g/mol. The highest BCUT2D eigenvalue weighted by Crippen LogP contribution is 2.36. The van der Waals surface area contributed by atoms with E-state index in [9.17, 15) is 33.9 Å². The molecule has 0 spiro atoms. The van der Waals surface area contributed by atoms with Crippen LogP contribution >= 0.6 is 0 Å². The van der Waals surface area contributed by atoms with Crippen molar-refractivity contribution in [3.8, 4) is 34.5 Å². The molecule has 2 aliphatic rings. The average molecular weight is 971 g/mol. The molecule has 2 saturated carbocycles. The highest BCUT2D eigenvalue weighted by atomic mass is 16.6. The summed E-state index contributed by atoms with van der Waals surface area (Å²) in [6.45, 7) is 8.53. The van der Waals surface area contributed by atoms with E-state index in [0.717, 1.165) is 63.5 Å². The van der Waals surface area contributed by atoms with Crippen LogP contribution < -0.4 is 39.7 Å². The average Bonchev–Trinajstić information content (AvgIpc) is 3.38. The number of carbonyl (C=O) groups is 6. The first-order chi connectivity index (χ1) is 34.0. The molecule has 1 unspecified atom stereocenters. The normalized spacial score (nSPS) is 18.0. The summed E-state index contributed by atoms with van der Waals surface area (Å²) in [4.78, 5) is 74.8. The van der Waals surface area contributed by atoms with Crippen LogP contribution in [0.4, 0.5) is 0 Å². The molecule has 0 aliphatic heterocycles. The molecule has 0 aromatic heterocycles. The molecule has 17 nitrogen and oxygen atoms in total. The van der Waals surface area contributed by atoms with Gasteiger partial charge < -0.3 is 43.0 Å². The van der Waals surface area contributed by atoms with Gasteiger partial charge in [-0.25, -0.2) is 15.0 Å². The monoisotopic (exact) mass is 970 g/mol. The lowest BCUT2D eigenvalue weighted by Gasteiger charge is -2.26. The van der Waals surface area contributed by atoms with E-state index in [2.05, 4.69) is 18.6 Å². The minimum Gasteiger partial charge on any atom is -0.494 e. The first-order valence-corrected chi connectivity index (χ1v) is 24.1. The maximum absolute atomic E-state index is 13.3. The molecule has 0 amide bonds. The number of esters is 6. The summed E-state index contributed by atoms with van der Waals surface area (Å²) in [7, 11) is 0. The third-order valence-electron chi connectivity index (χ3n) is 12.2. The number of aliphatic hydroxyl groups is 1. The van der Waals surface area contributed by atoms with Crippen molar-refractivity contribution in [1.29, 1.82) is 0 Å². The van der Waals surface area contributed by atoms with Crippen LogP contribution in [0.2, 0.25) is 0 Å². The van der Waals surface area contributed by atoms with E-state index in [1.54, 1.807) is 48.5 Å².